The third-order valence-corrected chi connectivity index (χ3v) is 3.45. The van der Waals surface area contributed by atoms with E-state index in [1.807, 2.05) is 49.4 Å². The second-order valence-corrected chi connectivity index (χ2v) is 5.18. The molecule has 23 heavy (non-hydrogen) atoms. The maximum Gasteiger partial charge on any atom is 0.272 e. The number of rotatable bonds is 3. The molecule has 0 atom stereocenters. The molecule has 0 spiro atoms. The highest BCUT2D eigenvalue weighted by Crippen LogP contribution is 2.18. The highest BCUT2D eigenvalue weighted by molar-refractivity contribution is 6.07. The number of hydrogen-bond donors (Lipinski definition) is 1. The monoisotopic (exact) mass is 304 g/mol. The van der Waals surface area contributed by atoms with Crippen molar-refractivity contribution in [2.45, 2.75) is 13.8 Å². The van der Waals surface area contributed by atoms with Crippen molar-refractivity contribution in [2.24, 2.45) is 5.10 Å². The highest BCUT2D eigenvalue weighted by Gasteiger charge is 2.11. The molecule has 114 valence electrons. The number of nitrogens with zero attached hydrogens (tertiary/aromatic N) is 3. The molecular weight excluding hydrogens is 288 g/mol. The molecule has 3 rings (SSSR count). The second kappa shape index (κ2) is 6.36. The summed E-state index contributed by atoms with van der Waals surface area (Å²) in [6, 6.07) is 14.9. The molecule has 3 aromatic rings. The van der Waals surface area contributed by atoms with Gasteiger partial charge in [0.1, 0.15) is 0 Å². The van der Waals surface area contributed by atoms with E-state index in [9.17, 15) is 4.79 Å². The van der Waals surface area contributed by atoms with Gasteiger partial charge in [0.15, 0.2) is 0 Å². The fourth-order valence-corrected chi connectivity index (χ4v) is 2.32. The maximum absolute atomic E-state index is 12.5. The van der Waals surface area contributed by atoms with Crippen LogP contribution in [0.15, 0.2) is 59.8 Å². The van der Waals surface area contributed by atoms with Crippen LogP contribution < -0.4 is 5.43 Å². The van der Waals surface area contributed by atoms with E-state index in [0.29, 0.717) is 11.3 Å². The van der Waals surface area contributed by atoms with E-state index in [1.165, 1.54) is 0 Å². The molecule has 0 saturated heterocycles. The fourth-order valence-electron chi connectivity index (χ4n) is 2.32. The first kappa shape index (κ1) is 14.8. The molecule has 5 heteroatoms. The van der Waals surface area contributed by atoms with Crippen molar-refractivity contribution in [3.05, 3.63) is 71.7 Å². The Balaban J connectivity index is 1.90. The number of carbonyl (C=O) groups is 1. The Morgan fingerprint density at radius 1 is 1.13 bits per heavy atom. The number of para-hydroxylation sites is 1. The highest BCUT2D eigenvalue weighted by atomic mass is 16.2. The SMILES string of the molecule is C/C(=N\NC(=O)c1cc(C)nc2ccccc12)c1ccccn1. The summed E-state index contributed by atoms with van der Waals surface area (Å²) >= 11 is 0. The van der Waals surface area contributed by atoms with Gasteiger partial charge < -0.3 is 0 Å². The quantitative estimate of drug-likeness (QED) is 0.597. The van der Waals surface area contributed by atoms with Crippen LogP contribution in [0.25, 0.3) is 10.9 Å². The molecule has 1 amide bonds. The van der Waals surface area contributed by atoms with Gasteiger partial charge in [-0.1, -0.05) is 24.3 Å². The third-order valence-electron chi connectivity index (χ3n) is 3.45. The summed E-state index contributed by atoms with van der Waals surface area (Å²) in [7, 11) is 0. The number of amides is 1. The fraction of sp³-hybridized carbons (Fsp3) is 0.111. The molecule has 0 aliphatic rings. The number of aryl methyl sites for hydroxylation is 1. The van der Waals surface area contributed by atoms with Crippen LogP contribution in [0.1, 0.15) is 28.7 Å². The van der Waals surface area contributed by atoms with E-state index < -0.39 is 0 Å². The minimum absolute atomic E-state index is 0.262. The van der Waals surface area contributed by atoms with Crippen molar-refractivity contribution in [3.8, 4) is 0 Å². The summed E-state index contributed by atoms with van der Waals surface area (Å²) in [5.74, 6) is -0.262. The zero-order valence-electron chi connectivity index (χ0n) is 12.9. The number of pyridine rings is 2. The first-order chi connectivity index (χ1) is 11.1. The van der Waals surface area contributed by atoms with Crippen molar-refractivity contribution in [1.82, 2.24) is 15.4 Å². The van der Waals surface area contributed by atoms with Crippen molar-refractivity contribution >= 4 is 22.5 Å². The van der Waals surface area contributed by atoms with Crippen molar-refractivity contribution in [2.75, 3.05) is 0 Å². The van der Waals surface area contributed by atoms with Gasteiger partial charge in [0.05, 0.1) is 22.5 Å². The van der Waals surface area contributed by atoms with Crippen LogP contribution in [-0.2, 0) is 0 Å². The van der Waals surface area contributed by atoms with Gasteiger partial charge in [-0.2, -0.15) is 5.10 Å². The Morgan fingerprint density at radius 2 is 1.91 bits per heavy atom. The second-order valence-electron chi connectivity index (χ2n) is 5.18. The van der Waals surface area contributed by atoms with Gasteiger partial charge in [-0.15, -0.1) is 0 Å². The summed E-state index contributed by atoms with van der Waals surface area (Å²) in [6.07, 6.45) is 1.69. The van der Waals surface area contributed by atoms with Gasteiger partial charge in [-0.05, 0) is 38.1 Å². The Bertz CT molecular complexity index is 888. The number of benzene rings is 1. The normalized spacial score (nSPS) is 11.5. The molecule has 0 bridgehead atoms. The predicted octanol–water partition coefficient (Wildman–Crippen LogP) is 3.09. The van der Waals surface area contributed by atoms with E-state index in [1.54, 1.807) is 19.2 Å². The molecule has 1 N–H and O–H groups in total. The van der Waals surface area contributed by atoms with Crippen LogP contribution in [0.4, 0.5) is 0 Å². The number of aromatic nitrogens is 2. The first-order valence-corrected chi connectivity index (χ1v) is 7.27. The molecule has 0 unspecified atom stereocenters. The Labute approximate surface area is 134 Å². The summed E-state index contributed by atoms with van der Waals surface area (Å²) < 4.78 is 0. The van der Waals surface area contributed by atoms with E-state index in [2.05, 4.69) is 20.5 Å². The minimum Gasteiger partial charge on any atom is -0.267 e. The molecule has 0 aliphatic heterocycles. The van der Waals surface area contributed by atoms with Gasteiger partial charge in [0, 0.05) is 17.3 Å². The lowest BCUT2D eigenvalue weighted by Gasteiger charge is -2.07. The maximum atomic E-state index is 12.5. The lowest BCUT2D eigenvalue weighted by atomic mass is 10.1. The number of hydrogen-bond acceptors (Lipinski definition) is 4. The van der Waals surface area contributed by atoms with Crippen LogP contribution in [0.2, 0.25) is 0 Å². The van der Waals surface area contributed by atoms with E-state index in [0.717, 1.165) is 22.3 Å². The van der Waals surface area contributed by atoms with Crippen LogP contribution >= 0.6 is 0 Å². The zero-order valence-corrected chi connectivity index (χ0v) is 12.9. The molecule has 0 aliphatic carbocycles. The van der Waals surface area contributed by atoms with Crippen molar-refractivity contribution in [3.63, 3.8) is 0 Å². The standard InChI is InChI=1S/C18H16N4O/c1-12-11-15(14-7-3-4-9-17(14)20-12)18(23)22-21-13(2)16-8-5-6-10-19-16/h3-11H,1-2H3,(H,22,23)/b21-13+. The minimum atomic E-state index is -0.262. The van der Waals surface area contributed by atoms with Gasteiger partial charge in [0.2, 0.25) is 0 Å². The molecule has 5 nitrogen and oxygen atoms in total. The Morgan fingerprint density at radius 3 is 2.70 bits per heavy atom. The summed E-state index contributed by atoms with van der Waals surface area (Å²) in [4.78, 5) is 21.1. The van der Waals surface area contributed by atoms with Gasteiger partial charge in [0.25, 0.3) is 5.91 Å². The van der Waals surface area contributed by atoms with Crippen LogP contribution in [0.5, 0.6) is 0 Å². The lowest BCUT2D eigenvalue weighted by molar-refractivity contribution is 0.0956. The van der Waals surface area contributed by atoms with Gasteiger partial charge >= 0.3 is 0 Å². The van der Waals surface area contributed by atoms with Gasteiger partial charge in [-0.25, -0.2) is 5.43 Å². The lowest BCUT2D eigenvalue weighted by Crippen LogP contribution is -2.20. The summed E-state index contributed by atoms with van der Waals surface area (Å²) in [5, 5.41) is 4.95. The number of fused-ring (bicyclic) bond motifs is 1. The molecule has 0 radical (unpaired) electrons. The third kappa shape index (κ3) is 3.23. The number of nitrogens with one attached hydrogen (secondary N) is 1. The smallest absolute Gasteiger partial charge is 0.267 e. The van der Waals surface area contributed by atoms with E-state index in [4.69, 9.17) is 0 Å². The number of hydrazone groups is 1. The Hall–Kier alpha value is -3.08. The molecule has 2 heterocycles. The molecule has 0 saturated carbocycles. The van der Waals surface area contributed by atoms with E-state index in [-0.39, 0.29) is 5.91 Å². The van der Waals surface area contributed by atoms with Crippen molar-refractivity contribution < 1.29 is 4.79 Å². The molecule has 2 aromatic heterocycles. The van der Waals surface area contributed by atoms with Crippen LogP contribution in [0.3, 0.4) is 0 Å². The van der Waals surface area contributed by atoms with E-state index >= 15 is 0 Å². The number of carbonyl (C=O) groups excluding carboxylic acids is 1. The van der Waals surface area contributed by atoms with Crippen LogP contribution in [-0.4, -0.2) is 21.6 Å². The summed E-state index contributed by atoms with van der Waals surface area (Å²) in [5.41, 5.74) is 6.12. The predicted molar refractivity (Wildman–Crippen MR) is 90.4 cm³/mol. The van der Waals surface area contributed by atoms with Crippen LogP contribution in [0, 0.1) is 6.92 Å². The van der Waals surface area contributed by atoms with Crippen molar-refractivity contribution in [1.29, 1.82) is 0 Å². The average Bonchev–Trinajstić information content (AvgIpc) is 2.59. The summed E-state index contributed by atoms with van der Waals surface area (Å²) in [6.45, 7) is 3.67. The molecule has 1 aromatic carbocycles. The largest absolute Gasteiger partial charge is 0.272 e. The van der Waals surface area contributed by atoms with Gasteiger partial charge in [-0.3, -0.25) is 14.8 Å². The molecule has 0 fully saturated rings. The average molecular weight is 304 g/mol. The topological polar surface area (TPSA) is 67.2 Å². The molecular formula is C18H16N4O. The Kier molecular flexibility index (Phi) is 4.10. The first-order valence-electron chi connectivity index (χ1n) is 7.27. The zero-order chi connectivity index (χ0) is 16.2.